The quantitative estimate of drug-likeness (QED) is 0.525. The number of carbonyl (C=O) groups is 2. The van der Waals surface area contributed by atoms with E-state index in [2.05, 4.69) is 5.16 Å². The molecule has 0 spiro atoms. The number of methoxy groups -OCH3 is 1. The molecule has 0 saturated carbocycles. The van der Waals surface area contributed by atoms with Crippen LogP contribution in [0.2, 0.25) is 5.02 Å². The lowest BCUT2D eigenvalue weighted by Gasteiger charge is -2.19. The molecule has 0 saturated heterocycles. The van der Waals surface area contributed by atoms with Gasteiger partial charge in [0.1, 0.15) is 28.7 Å². The maximum absolute atomic E-state index is 13.6. The number of rotatable bonds is 6. The van der Waals surface area contributed by atoms with E-state index in [1.54, 1.807) is 55.6 Å². The van der Waals surface area contributed by atoms with Crippen LogP contribution in [0.4, 0.5) is 0 Å². The second-order valence-corrected chi connectivity index (χ2v) is 7.60. The number of benzene rings is 3. The molecule has 1 aliphatic rings. The lowest BCUT2D eigenvalue weighted by Crippen LogP contribution is -2.27. The first kappa shape index (κ1) is 21.4. The van der Waals surface area contributed by atoms with Crippen molar-refractivity contribution in [2.24, 2.45) is 11.1 Å². The third kappa shape index (κ3) is 4.02. The molecule has 0 radical (unpaired) electrons. The van der Waals surface area contributed by atoms with Crippen molar-refractivity contribution < 1.29 is 29.4 Å². The van der Waals surface area contributed by atoms with Crippen LogP contribution in [-0.4, -0.2) is 34.8 Å². The minimum Gasteiger partial charge on any atom is -0.507 e. The van der Waals surface area contributed by atoms with Crippen molar-refractivity contribution in [2.45, 2.75) is 6.10 Å². The zero-order valence-corrected chi connectivity index (χ0v) is 17.6. The molecule has 2 atom stereocenters. The monoisotopic (exact) mass is 451 g/mol. The van der Waals surface area contributed by atoms with Crippen LogP contribution < -0.4 is 4.74 Å². The molecule has 0 bridgehead atoms. The average molecular weight is 452 g/mol. The number of aromatic carboxylic acids is 1. The minimum atomic E-state index is -1.34. The van der Waals surface area contributed by atoms with E-state index in [1.165, 1.54) is 12.1 Å². The fourth-order valence-electron chi connectivity index (χ4n) is 3.61. The molecule has 2 unspecified atom stereocenters. The van der Waals surface area contributed by atoms with Crippen LogP contribution in [0.5, 0.6) is 11.5 Å². The Balaban J connectivity index is 1.79. The van der Waals surface area contributed by atoms with Gasteiger partial charge in [-0.1, -0.05) is 28.9 Å². The number of phenols is 1. The third-order valence-electron chi connectivity index (χ3n) is 5.22. The second-order valence-electron chi connectivity index (χ2n) is 7.17. The summed E-state index contributed by atoms with van der Waals surface area (Å²) in [5.74, 6) is -2.38. The normalized spacial score (nSPS) is 17.4. The molecule has 4 rings (SSSR count). The van der Waals surface area contributed by atoms with E-state index < -0.39 is 29.5 Å². The minimum absolute atomic E-state index is 0.115. The lowest BCUT2D eigenvalue weighted by atomic mass is 9.83. The Morgan fingerprint density at radius 1 is 1.06 bits per heavy atom. The molecule has 162 valence electrons. The van der Waals surface area contributed by atoms with Gasteiger partial charge < -0.3 is 19.8 Å². The number of carbonyl (C=O) groups excluding carboxylic acids is 1. The Kier molecular flexibility index (Phi) is 5.83. The Hall–Kier alpha value is -3.84. The van der Waals surface area contributed by atoms with Gasteiger partial charge in [-0.2, -0.15) is 0 Å². The molecule has 3 aromatic carbocycles. The van der Waals surface area contributed by atoms with Gasteiger partial charge in [0.15, 0.2) is 11.9 Å². The first-order valence-corrected chi connectivity index (χ1v) is 10.0. The Morgan fingerprint density at radius 3 is 2.47 bits per heavy atom. The molecular formula is C24H18ClNO6. The van der Waals surface area contributed by atoms with E-state index in [0.717, 1.165) is 6.07 Å². The molecule has 2 N–H and O–H groups in total. The fraction of sp³-hybridized carbons (Fsp3) is 0.125. The van der Waals surface area contributed by atoms with Crippen LogP contribution in [0.25, 0.3) is 0 Å². The van der Waals surface area contributed by atoms with Crippen LogP contribution >= 0.6 is 11.6 Å². The smallest absolute Gasteiger partial charge is 0.339 e. The number of aromatic hydroxyl groups is 1. The number of oxime groups is 1. The van der Waals surface area contributed by atoms with Gasteiger partial charge in [-0.3, -0.25) is 4.79 Å². The summed E-state index contributed by atoms with van der Waals surface area (Å²) in [4.78, 5) is 30.7. The Labute approximate surface area is 188 Å². The molecule has 0 aliphatic carbocycles. The summed E-state index contributed by atoms with van der Waals surface area (Å²) in [5.41, 5.74) is 1.46. The van der Waals surface area contributed by atoms with Crippen LogP contribution in [0.15, 0.2) is 71.9 Å². The Morgan fingerprint density at radius 2 is 1.81 bits per heavy atom. The van der Waals surface area contributed by atoms with Crippen LogP contribution in [0.3, 0.4) is 0 Å². The molecule has 0 aromatic heterocycles. The maximum Gasteiger partial charge on any atom is 0.339 e. The number of carboxylic acids is 1. The van der Waals surface area contributed by atoms with E-state index in [4.69, 9.17) is 21.2 Å². The van der Waals surface area contributed by atoms with Gasteiger partial charge in [0, 0.05) is 16.1 Å². The van der Waals surface area contributed by atoms with E-state index in [1.807, 2.05) is 0 Å². The van der Waals surface area contributed by atoms with Gasteiger partial charge in [0.25, 0.3) is 0 Å². The third-order valence-corrected chi connectivity index (χ3v) is 5.45. The highest BCUT2D eigenvalue weighted by atomic mass is 35.5. The van der Waals surface area contributed by atoms with Gasteiger partial charge in [-0.15, -0.1) is 0 Å². The standard InChI is InChI=1S/C24H18ClNO6/c1-31-17-8-5-13(6-9-17)21-20(23(32-26-21)15-3-2-4-16(25)11-15)22(28)14-7-10-19(27)18(12-14)24(29)30/h2-12,20,23,27H,1H3,(H,29,30). The number of hydrogen-bond donors (Lipinski definition) is 2. The number of hydrogen-bond acceptors (Lipinski definition) is 6. The number of ether oxygens (including phenoxy) is 1. The van der Waals surface area contributed by atoms with Crippen LogP contribution in [-0.2, 0) is 4.84 Å². The highest BCUT2D eigenvalue weighted by molar-refractivity contribution is 6.30. The van der Waals surface area contributed by atoms with Crippen LogP contribution in [0.1, 0.15) is 37.9 Å². The summed E-state index contributed by atoms with van der Waals surface area (Å²) in [6, 6.07) is 17.7. The van der Waals surface area contributed by atoms with Gasteiger partial charge in [-0.05, 0) is 60.2 Å². The maximum atomic E-state index is 13.6. The number of ketones is 1. The molecule has 3 aromatic rings. The summed E-state index contributed by atoms with van der Waals surface area (Å²) in [7, 11) is 1.55. The zero-order valence-electron chi connectivity index (χ0n) is 16.9. The van der Waals surface area contributed by atoms with Crippen LogP contribution in [0, 0.1) is 5.92 Å². The van der Waals surface area contributed by atoms with E-state index in [0.29, 0.717) is 27.6 Å². The van der Waals surface area contributed by atoms with Crippen molar-refractivity contribution in [2.75, 3.05) is 7.11 Å². The summed E-state index contributed by atoms with van der Waals surface area (Å²) >= 11 is 6.14. The summed E-state index contributed by atoms with van der Waals surface area (Å²) in [5, 5.41) is 23.8. The van der Waals surface area contributed by atoms with Gasteiger partial charge in [0.05, 0.1) is 7.11 Å². The number of Topliss-reactive ketones (excluding diaryl/α,β-unsaturated/α-hetero) is 1. The van der Waals surface area contributed by atoms with Crippen molar-refractivity contribution in [1.82, 2.24) is 0 Å². The van der Waals surface area contributed by atoms with E-state index in [-0.39, 0.29) is 11.1 Å². The predicted octanol–water partition coefficient (Wildman–Crippen LogP) is 4.73. The van der Waals surface area contributed by atoms with E-state index in [9.17, 15) is 19.8 Å². The second kappa shape index (κ2) is 8.72. The van der Waals surface area contributed by atoms with Gasteiger partial charge in [0.2, 0.25) is 0 Å². The number of carboxylic acid groups (broad SMARTS) is 1. The highest BCUT2D eigenvalue weighted by Crippen LogP contribution is 2.38. The van der Waals surface area contributed by atoms with Crippen molar-refractivity contribution in [1.29, 1.82) is 0 Å². The topological polar surface area (TPSA) is 105 Å². The zero-order chi connectivity index (χ0) is 22.8. The van der Waals surface area contributed by atoms with Crippen molar-refractivity contribution >= 4 is 29.1 Å². The lowest BCUT2D eigenvalue weighted by molar-refractivity contribution is 0.0533. The highest BCUT2D eigenvalue weighted by Gasteiger charge is 2.42. The fourth-order valence-corrected chi connectivity index (χ4v) is 3.81. The summed E-state index contributed by atoms with van der Waals surface area (Å²) in [6.07, 6.45) is -0.764. The van der Waals surface area contributed by atoms with Gasteiger partial charge in [-0.25, -0.2) is 4.79 Å². The molecule has 1 aliphatic heterocycles. The molecule has 7 nitrogen and oxygen atoms in total. The first-order valence-electron chi connectivity index (χ1n) is 9.63. The van der Waals surface area contributed by atoms with Crippen molar-refractivity contribution in [3.8, 4) is 11.5 Å². The average Bonchev–Trinajstić information content (AvgIpc) is 3.24. The SMILES string of the molecule is COc1ccc(C2=NOC(c3cccc(Cl)c3)C2C(=O)c2ccc(O)c(C(=O)O)c2)cc1. The summed E-state index contributed by atoms with van der Waals surface area (Å²) in [6.45, 7) is 0. The van der Waals surface area contributed by atoms with Gasteiger partial charge >= 0.3 is 5.97 Å². The molecule has 1 heterocycles. The molecule has 8 heteroatoms. The number of nitrogens with zero attached hydrogens (tertiary/aromatic N) is 1. The number of halogens is 1. The molecule has 0 fully saturated rings. The Bertz CT molecular complexity index is 1220. The predicted molar refractivity (Wildman–Crippen MR) is 118 cm³/mol. The van der Waals surface area contributed by atoms with Crippen molar-refractivity contribution in [3.05, 3.63) is 94.0 Å². The largest absolute Gasteiger partial charge is 0.507 e. The molecular weight excluding hydrogens is 434 g/mol. The summed E-state index contributed by atoms with van der Waals surface area (Å²) < 4.78 is 5.19. The van der Waals surface area contributed by atoms with E-state index >= 15 is 0 Å². The molecule has 32 heavy (non-hydrogen) atoms. The molecule has 0 amide bonds. The van der Waals surface area contributed by atoms with Crippen molar-refractivity contribution in [3.63, 3.8) is 0 Å². The first-order chi connectivity index (χ1) is 15.4.